The van der Waals surface area contributed by atoms with Gasteiger partial charge in [0.15, 0.2) is 0 Å². The Bertz CT molecular complexity index is 881. The number of carbonyl (C=O) groups excluding carboxylic acids is 3. The third-order valence-corrected chi connectivity index (χ3v) is 9.21. The van der Waals surface area contributed by atoms with Crippen LogP contribution in [0.5, 0.6) is 0 Å². The molecule has 12 heteroatoms. The third-order valence-electron chi connectivity index (χ3n) is 9.21. The quantitative estimate of drug-likeness (QED) is 0.202. The maximum Gasteiger partial charge on any atom is 0.315 e. The first-order valence-electron chi connectivity index (χ1n) is 15.2. The maximum atomic E-state index is 12.7. The molecule has 3 aliphatic rings. The van der Waals surface area contributed by atoms with E-state index in [0.29, 0.717) is 38.0 Å². The molecule has 0 aromatic carbocycles. The minimum atomic E-state index is -1.59. The Hall–Kier alpha value is -2.44. The largest absolute Gasteiger partial charge is 0.481 e. The summed E-state index contributed by atoms with van der Waals surface area (Å²) < 4.78 is 11.0. The number of rotatable bonds is 12. The van der Waals surface area contributed by atoms with Crippen molar-refractivity contribution in [3.05, 3.63) is 0 Å². The van der Waals surface area contributed by atoms with Crippen molar-refractivity contribution >= 4 is 23.8 Å². The fourth-order valence-electron chi connectivity index (χ4n) is 6.68. The molecular weight excluding hydrogens is 532 g/mol. The fourth-order valence-corrected chi connectivity index (χ4v) is 6.68. The first-order chi connectivity index (χ1) is 19.6. The fraction of sp³-hybridized carbons (Fsp3) is 0.862. The molecule has 0 aromatic heterocycles. The summed E-state index contributed by atoms with van der Waals surface area (Å²) in [5.74, 6) is -1.94. The number of nitrogens with one attached hydrogen (secondary N) is 4. The predicted octanol–water partition coefficient (Wildman–Crippen LogP) is 1.83. The number of carboxylic acids is 1. The summed E-state index contributed by atoms with van der Waals surface area (Å²) in [5.41, 5.74) is 0. The minimum Gasteiger partial charge on any atom is -0.481 e. The van der Waals surface area contributed by atoms with Gasteiger partial charge in [-0.05, 0) is 69.6 Å². The van der Waals surface area contributed by atoms with Crippen LogP contribution in [0.3, 0.4) is 0 Å². The van der Waals surface area contributed by atoms with E-state index in [1.807, 2.05) is 0 Å². The second-order valence-corrected chi connectivity index (χ2v) is 12.2. The summed E-state index contributed by atoms with van der Waals surface area (Å²) in [7, 11) is 3.18. The molecule has 12 nitrogen and oxygen atoms in total. The van der Waals surface area contributed by atoms with E-state index in [1.165, 1.54) is 6.42 Å². The molecule has 0 spiro atoms. The highest BCUT2D eigenvalue weighted by Gasteiger charge is 2.37. The first-order valence-corrected chi connectivity index (χ1v) is 15.2. The number of carboxylic acid groups (broad SMARTS) is 1. The van der Waals surface area contributed by atoms with Gasteiger partial charge in [0.25, 0.3) is 0 Å². The van der Waals surface area contributed by atoms with E-state index in [4.69, 9.17) is 9.47 Å². The molecule has 0 aromatic rings. The number of amides is 4. The normalized spacial score (nSPS) is 31.8. The lowest BCUT2D eigenvalue weighted by Gasteiger charge is -2.38. The van der Waals surface area contributed by atoms with Crippen LogP contribution in [0.1, 0.15) is 90.4 Å². The molecular formula is C29H50N4O8. The van der Waals surface area contributed by atoms with Crippen LogP contribution >= 0.6 is 0 Å². The Labute approximate surface area is 243 Å². The van der Waals surface area contributed by atoms with Gasteiger partial charge in [-0.25, -0.2) is 4.79 Å². The summed E-state index contributed by atoms with van der Waals surface area (Å²) in [6.45, 7) is 2.18. The van der Waals surface area contributed by atoms with Crippen LogP contribution in [-0.2, 0) is 23.9 Å². The van der Waals surface area contributed by atoms with Crippen molar-refractivity contribution in [2.24, 2.45) is 11.8 Å². The monoisotopic (exact) mass is 582 g/mol. The molecule has 0 saturated heterocycles. The molecule has 3 rings (SSSR count). The lowest BCUT2D eigenvalue weighted by Crippen LogP contribution is -2.51. The van der Waals surface area contributed by atoms with Crippen molar-refractivity contribution in [3.63, 3.8) is 0 Å². The SMILES string of the molecule is COC1CCC([C@H](CC(=O)O)NC(=O)C(O)CC(=O)NC2CCC(NC(=O)NC3CCCCC3C)CC2)CC1OC. The Morgan fingerprint density at radius 3 is 2.05 bits per heavy atom. The van der Waals surface area contributed by atoms with Crippen LogP contribution in [0, 0.1) is 11.8 Å². The van der Waals surface area contributed by atoms with E-state index in [9.17, 15) is 29.4 Å². The first kappa shape index (κ1) is 33.1. The number of carbonyl (C=O) groups is 4. The third kappa shape index (κ3) is 10.4. The van der Waals surface area contributed by atoms with Crippen molar-refractivity contribution in [1.29, 1.82) is 0 Å². The molecule has 0 heterocycles. The summed E-state index contributed by atoms with van der Waals surface area (Å²) in [6.07, 6.45) is 6.55. The molecule has 0 bridgehead atoms. The van der Waals surface area contributed by atoms with Gasteiger partial charge < -0.3 is 41.0 Å². The topological polar surface area (TPSA) is 175 Å². The van der Waals surface area contributed by atoms with Gasteiger partial charge in [0.05, 0.1) is 25.0 Å². The van der Waals surface area contributed by atoms with E-state index in [1.54, 1.807) is 14.2 Å². The van der Waals surface area contributed by atoms with Crippen molar-refractivity contribution < 1.29 is 38.9 Å². The molecule has 234 valence electrons. The van der Waals surface area contributed by atoms with E-state index in [-0.39, 0.29) is 48.7 Å². The zero-order valence-electron chi connectivity index (χ0n) is 24.7. The van der Waals surface area contributed by atoms with Crippen LogP contribution in [0.2, 0.25) is 0 Å². The Balaban J connectivity index is 1.39. The van der Waals surface area contributed by atoms with Gasteiger partial charge >= 0.3 is 12.0 Å². The predicted molar refractivity (Wildman–Crippen MR) is 151 cm³/mol. The number of urea groups is 1. The number of aliphatic hydroxyl groups excluding tert-OH is 1. The summed E-state index contributed by atoms with van der Waals surface area (Å²) in [4.78, 5) is 49.3. The molecule has 0 radical (unpaired) electrons. The highest BCUT2D eigenvalue weighted by atomic mass is 16.5. The second-order valence-electron chi connectivity index (χ2n) is 12.2. The van der Waals surface area contributed by atoms with Crippen molar-refractivity contribution in [2.75, 3.05) is 14.2 Å². The highest BCUT2D eigenvalue weighted by molar-refractivity contribution is 5.87. The number of methoxy groups -OCH3 is 2. The lowest BCUT2D eigenvalue weighted by atomic mass is 9.79. The molecule has 41 heavy (non-hydrogen) atoms. The number of ether oxygens (including phenoxy) is 2. The van der Waals surface area contributed by atoms with Gasteiger partial charge in [-0.15, -0.1) is 0 Å². The highest BCUT2D eigenvalue weighted by Crippen LogP contribution is 2.31. The number of aliphatic carboxylic acids is 1. The zero-order chi connectivity index (χ0) is 29.9. The average Bonchev–Trinajstić information content (AvgIpc) is 2.94. The van der Waals surface area contributed by atoms with Crippen LogP contribution in [0.4, 0.5) is 4.79 Å². The summed E-state index contributed by atoms with van der Waals surface area (Å²) >= 11 is 0. The molecule has 3 saturated carbocycles. The van der Waals surface area contributed by atoms with Gasteiger partial charge in [-0.2, -0.15) is 0 Å². The van der Waals surface area contributed by atoms with Gasteiger partial charge in [-0.3, -0.25) is 14.4 Å². The Morgan fingerprint density at radius 1 is 0.805 bits per heavy atom. The molecule has 6 unspecified atom stereocenters. The second kappa shape index (κ2) is 16.3. The van der Waals surface area contributed by atoms with Gasteiger partial charge in [-0.1, -0.05) is 19.8 Å². The summed E-state index contributed by atoms with van der Waals surface area (Å²) in [5, 5.41) is 31.6. The van der Waals surface area contributed by atoms with Crippen LogP contribution in [0.25, 0.3) is 0 Å². The molecule has 7 atom stereocenters. The average molecular weight is 583 g/mol. The smallest absolute Gasteiger partial charge is 0.315 e. The molecule has 3 fully saturated rings. The van der Waals surface area contributed by atoms with E-state index < -0.39 is 36.4 Å². The molecule has 3 aliphatic carbocycles. The van der Waals surface area contributed by atoms with Crippen molar-refractivity contribution in [2.45, 2.75) is 133 Å². The maximum absolute atomic E-state index is 12.7. The molecule has 6 N–H and O–H groups in total. The molecule has 4 amide bonds. The number of hydrogen-bond acceptors (Lipinski definition) is 7. The van der Waals surface area contributed by atoms with Gasteiger partial charge in [0.2, 0.25) is 11.8 Å². The lowest BCUT2D eigenvalue weighted by molar-refractivity contribution is -0.140. The van der Waals surface area contributed by atoms with E-state index in [2.05, 4.69) is 28.2 Å². The van der Waals surface area contributed by atoms with Crippen molar-refractivity contribution in [3.8, 4) is 0 Å². The van der Waals surface area contributed by atoms with Crippen molar-refractivity contribution in [1.82, 2.24) is 21.3 Å². The van der Waals surface area contributed by atoms with Crippen LogP contribution < -0.4 is 21.3 Å². The minimum absolute atomic E-state index is 0.0428. The zero-order valence-corrected chi connectivity index (χ0v) is 24.7. The Kier molecular flexibility index (Phi) is 13.1. The standard InChI is InChI=1S/C29H50N4O8/c1-17-6-4-5-7-21(17)33-29(39)31-20-11-9-19(10-12-20)30-26(35)16-23(34)28(38)32-22(15-27(36)37)18-8-13-24(40-2)25(14-18)41-3/h17-25,34H,4-16H2,1-3H3,(H,30,35)(H,32,38)(H,36,37)(H2,31,33,39)/t17?,18?,19?,20?,21?,22-,23?,24?,25?/m0/s1. The number of hydrogen-bond donors (Lipinski definition) is 6. The number of aliphatic hydroxyl groups is 1. The van der Waals surface area contributed by atoms with E-state index in [0.717, 1.165) is 32.1 Å². The van der Waals surface area contributed by atoms with Gasteiger partial charge in [0.1, 0.15) is 6.10 Å². The Morgan fingerprint density at radius 2 is 1.44 bits per heavy atom. The molecule has 0 aliphatic heterocycles. The van der Waals surface area contributed by atoms with Crippen LogP contribution in [0.15, 0.2) is 0 Å². The van der Waals surface area contributed by atoms with Gasteiger partial charge in [0, 0.05) is 38.4 Å². The van der Waals surface area contributed by atoms with Crippen LogP contribution in [-0.4, -0.2) is 90.7 Å². The van der Waals surface area contributed by atoms with E-state index >= 15 is 0 Å². The summed E-state index contributed by atoms with van der Waals surface area (Å²) in [6, 6.07) is -0.666.